The van der Waals surface area contributed by atoms with Crippen LogP contribution in [-0.4, -0.2) is 49.9 Å². The van der Waals surface area contributed by atoms with E-state index in [1.807, 2.05) is 68.4 Å². The first-order valence-corrected chi connectivity index (χ1v) is 11.4. The molecule has 2 aromatic carbocycles. The van der Waals surface area contributed by atoms with Crippen LogP contribution >= 0.6 is 0 Å². The fourth-order valence-electron chi connectivity index (χ4n) is 3.54. The van der Waals surface area contributed by atoms with Crippen LogP contribution in [0.5, 0.6) is 5.75 Å². The molecule has 1 amide bonds. The topological polar surface area (TPSA) is 63.7 Å². The summed E-state index contributed by atoms with van der Waals surface area (Å²) in [6, 6.07) is 17.2. The van der Waals surface area contributed by atoms with E-state index >= 15 is 0 Å². The summed E-state index contributed by atoms with van der Waals surface area (Å²) < 4.78 is 29.6. The highest BCUT2D eigenvalue weighted by Crippen LogP contribution is 2.29. The summed E-state index contributed by atoms with van der Waals surface area (Å²) >= 11 is 0. The van der Waals surface area contributed by atoms with Gasteiger partial charge in [-0.15, -0.1) is 0 Å². The Morgan fingerprint density at radius 3 is 2.43 bits per heavy atom. The van der Waals surface area contributed by atoms with E-state index < -0.39 is 9.84 Å². The fourth-order valence-corrected chi connectivity index (χ4v) is 5.27. The van der Waals surface area contributed by atoms with Gasteiger partial charge in [-0.2, -0.15) is 0 Å². The summed E-state index contributed by atoms with van der Waals surface area (Å²) in [5.74, 6) is 0.927. The van der Waals surface area contributed by atoms with Gasteiger partial charge in [-0.25, -0.2) is 8.42 Å². The molecule has 28 heavy (non-hydrogen) atoms. The van der Waals surface area contributed by atoms with Gasteiger partial charge in [-0.3, -0.25) is 4.79 Å². The molecule has 3 rings (SSSR count). The van der Waals surface area contributed by atoms with Gasteiger partial charge < -0.3 is 9.64 Å². The Balaban J connectivity index is 1.73. The van der Waals surface area contributed by atoms with Gasteiger partial charge in [0.1, 0.15) is 5.75 Å². The van der Waals surface area contributed by atoms with E-state index in [-0.39, 0.29) is 36.0 Å². The third-order valence-corrected chi connectivity index (χ3v) is 6.60. The highest BCUT2D eigenvalue weighted by Gasteiger charge is 2.35. The van der Waals surface area contributed by atoms with Crippen LogP contribution in [0, 0.1) is 5.92 Å². The number of hydrogen-bond acceptors (Lipinski definition) is 4. The number of para-hydroxylation sites is 1. The third-order valence-electron chi connectivity index (χ3n) is 4.85. The molecule has 0 radical (unpaired) electrons. The van der Waals surface area contributed by atoms with E-state index in [0.29, 0.717) is 18.7 Å². The molecule has 1 atom stereocenters. The summed E-state index contributed by atoms with van der Waals surface area (Å²) in [4.78, 5) is 14.6. The van der Waals surface area contributed by atoms with Gasteiger partial charge in [-0.1, -0.05) is 62.4 Å². The summed E-state index contributed by atoms with van der Waals surface area (Å²) in [5, 5.41) is 0. The zero-order valence-corrected chi connectivity index (χ0v) is 17.2. The van der Waals surface area contributed by atoms with Crippen molar-refractivity contribution in [2.45, 2.75) is 26.3 Å². The molecule has 0 aromatic heterocycles. The molecule has 1 saturated heterocycles. The minimum atomic E-state index is -3.05. The lowest BCUT2D eigenvalue weighted by atomic mass is 10.1. The second kappa shape index (κ2) is 8.78. The lowest BCUT2D eigenvalue weighted by molar-refractivity contribution is -0.135. The molecule has 6 heteroatoms. The van der Waals surface area contributed by atoms with Crippen molar-refractivity contribution >= 4 is 15.7 Å². The van der Waals surface area contributed by atoms with E-state index in [4.69, 9.17) is 4.74 Å². The van der Waals surface area contributed by atoms with Crippen LogP contribution in [0.1, 0.15) is 20.3 Å². The molecule has 0 unspecified atom stereocenters. The molecule has 0 aliphatic carbocycles. The molecular weight excluding hydrogens is 374 g/mol. The van der Waals surface area contributed by atoms with Crippen molar-refractivity contribution in [2.24, 2.45) is 5.92 Å². The Bertz CT molecular complexity index is 909. The van der Waals surface area contributed by atoms with E-state index in [1.165, 1.54) is 0 Å². The van der Waals surface area contributed by atoms with E-state index in [0.717, 1.165) is 11.1 Å². The van der Waals surface area contributed by atoms with Gasteiger partial charge >= 0.3 is 0 Å². The standard InChI is InChI=1S/C22H27NO4S/c1-17(2)14-23(19-12-13-28(25,26)16-19)22(24)15-27-21-11-7-6-10-20(21)18-8-4-3-5-9-18/h3-11,17,19H,12-16H2,1-2H3/t19-/m1/s1. The first-order valence-electron chi connectivity index (χ1n) is 9.63. The van der Waals surface area contributed by atoms with Gasteiger partial charge in [0.25, 0.3) is 5.91 Å². The number of benzene rings is 2. The molecule has 2 aromatic rings. The molecule has 1 fully saturated rings. The van der Waals surface area contributed by atoms with Crippen molar-refractivity contribution in [1.29, 1.82) is 0 Å². The minimum Gasteiger partial charge on any atom is -0.483 e. The molecule has 0 N–H and O–H groups in total. The Kier molecular flexibility index (Phi) is 6.39. The number of sulfone groups is 1. The number of hydrogen-bond donors (Lipinski definition) is 0. The van der Waals surface area contributed by atoms with Crippen molar-refractivity contribution in [3.8, 4) is 16.9 Å². The number of ether oxygens (including phenoxy) is 1. The maximum atomic E-state index is 12.9. The van der Waals surface area contributed by atoms with Crippen LogP contribution in [0.15, 0.2) is 54.6 Å². The molecular formula is C22H27NO4S. The second-order valence-electron chi connectivity index (χ2n) is 7.65. The molecule has 0 spiro atoms. The predicted octanol–water partition coefficient (Wildman–Crippen LogP) is 3.40. The Hall–Kier alpha value is -2.34. The van der Waals surface area contributed by atoms with Gasteiger partial charge in [-0.05, 0) is 24.0 Å². The van der Waals surface area contributed by atoms with Crippen molar-refractivity contribution in [2.75, 3.05) is 24.7 Å². The van der Waals surface area contributed by atoms with Gasteiger partial charge in [0.15, 0.2) is 16.4 Å². The third kappa shape index (κ3) is 5.13. The molecule has 0 saturated carbocycles. The van der Waals surface area contributed by atoms with Crippen LogP contribution in [0.25, 0.3) is 11.1 Å². The van der Waals surface area contributed by atoms with E-state index in [2.05, 4.69) is 0 Å². The van der Waals surface area contributed by atoms with Crippen LogP contribution < -0.4 is 4.74 Å². The highest BCUT2D eigenvalue weighted by atomic mass is 32.2. The van der Waals surface area contributed by atoms with Crippen LogP contribution in [-0.2, 0) is 14.6 Å². The van der Waals surface area contributed by atoms with Gasteiger partial charge in [0.2, 0.25) is 0 Å². The fraction of sp³-hybridized carbons (Fsp3) is 0.409. The lowest BCUT2D eigenvalue weighted by Crippen LogP contribution is -2.45. The number of nitrogens with zero attached hydrogens (tertiary/aromatic N) is 1. The van der Waals surface area contributed by atoms with Crippen LogP contribution in [0.4, 0.5) is 0 Å². The Morgan fingerprint density at radius 1 is 1.11 bits per heavy atom. The average Bonchev–Trinajstić information content (AvgIpc) is 3.04. The summed E-state index contributed by atoms with van der Waals surface area (Å²) in [7, 11) is -3.05. The maximum absolute atomic E-state index is 12.9. The summed E-state index contributed by atoms with van der Waals surface area (Å²) in [6.45, 7) is 4.47. The average molecular weight is 402 g/mol. The predicted molar refractivity (Wildman–Crippen MR) is 111 cm³/mol. The van der Waals surface area contributed by atoms with Gasteiger partial charge in [0, 0.05) is 18.2 Å². The molecule has 150 valence electrons. The zero-order chi connectivity index (χ0) is 20.1. The van der Waals surface area contributed by atoms with Gasteiger partial charge in [0.05, 0.1) is 11.5 Å². The van der Waals surface area contributed by atoms with E-state index in [9.17, 15) is 13.2 Å². The lowest BCUT2D eigenvalue weighted by Gasteiger charge is -2.30. The van der Waals surface area contributed by atoms with Crippen LogP contribution in [0.3, 0.4) is 0 Å². The first kappa shape index (κ1) is 20.4. The molecule has 1 heterocycles. The van der Waals surface area contributed by atoms with Crippen molar-refractivity contribution < 1.29 is 17.9 Å². The first-order chi connectivity index (χ1) is 13.4. The monoisotopic (exact) mass is 401 g/mol. The maximum Gasteiger partial charge on any atom is 0.260 e. The van der Waals surface area contributed by atoms with Crippen molar-refractivity contribution in [3.05, 3.63) is 54.6 Å². The molecule has 0 bridgehead atoms. The van der Waals surface area contributed by atoms with Crippen LogP contribution in [0.2, 0.25) is 0 Å². The SMILES string of the molecule is CC(C)CN(C(=O)COc1ccccc1-c1ccccc1)[C@@H]1CCS(=O)(=O)C1. The highest BCUT2D eigenvalue weighted by molar-refractivity contribution is 7.91. The summed E-state index contributed by atoms with van der Waals surface area (Å²) in [5.41, 5.74) is 1.95. The number of carbonyl (C=O) groups excluding carboxylic acids is 1. The number of amides is 1. The quantitative estimate of drug-likeness (QED) is 0.713. The smallest absolute Gasteiger partial charge is 0.260 e. The summed E-state index contributed by atoms with van der Waals surface area (Å²) in [6.07, 6.45) is 0.501. The molecule has 1 aliphatic heterocycles. The minimum absolute atomic E-state index is 0.0477. The van der Waals surface area contributed by atoms with E-state index in [1.54, 1.807) is 4.90 Å². The molecule has 1 aliphatic rings. The second-order valence-corrected chi connectivity index (χ2v) is 9.88. The normalized spacial score (nSPS) is 18.2. The number of carbonyl (C=O) groups is 1. The largest absolute Gasteiger partial charge is 0.483 e. The Labute approximate surface area is 167 Å². The number of rotatable bonds is 7. The van der Waals surface area contributed by atoms with Crippen molar-refractivity contribution in [3.63, 3.8) is 0 Å². The van der Waals surface area contributed by atoms with Crippen molar-refractivity contribution in [1.82, 2.24) is 4.90 Å². The Morgan fingerprint density at radius 2 is 1.79 bits per heavy atom. The zero-order valence-electron chi connectivity index (χ0n) is 16.4. The molecule has 5 nitrogen and oxygen atoms in total.